The smallest absolute Gasteiger partial charge is 0.251 e. The van der Waals surface area contributed by atoms with Crippen LogP contribution in [-0.2, 0) is 29.0 Å². The minimum Gasteiger partial charge on any atom is -0.497 e. The normalized spacial score (nSPS) is 12.4. The molecule has 0 aliphatic heterocycles. The van der Waals surface area contributed by atoms with Gasteiger partial charge < -0.3 is 21.1 Å². The van der Waals surface area contributed by atoms with Crippen LogP contribution in [0.2, 0.25) is 0 Å². The van der Waals surface area contributed by atoms with Crippen LogP contribution in [0.25, 0.3) is 11.4 Å². The number of nitrogens with one attached hydrogen (secondary N) is 2. The van der Waals surface area contributed by atoms with Gasteiger partial charge in [0.15, 0.2) is 11.0 Å². The number of anilines is 2. The van der Waals surface area contributed by atoms with Crippen molar-refractivity contribution in [3.63, 3.8) is 0 Å². The molecule has 0 fully saturated rings. The van der Waals surface area contributed by atoms with Crippen molar-refractivity contribution in [1.82, 2.24) is 19.7 Å². The summed E-state index contributed by atoms with van der Waals surface area (Å²) in [5, 5.41) is 11.1. The number of nitrogens with zero attached hydrogens (tertiary/aromatic N) is 4. The van der Waals surface area contributed by atoms with Crippen LogP contribution in [0.5, 0.6) is 5.75 Å². The lowest BCUT2D eigenvalue weighted by atomic mass is 9.95. The van der Waals surface area contributed by atoms with E-state index in [0.717, 1.165) is 53.4 Å². The molecule has 0 unspecified atom stereocenters. The van der Waals surface area contributed by atoms with Crippen molar-refractivity contribution in [2.45, 2.75) is 37.4 Å². The van der Waals surface area contributed by atoms with Gasteiger partial charge in [0.25, 0.3) is 5.91 Å². The molecule has 4 N–H and O–H groups in total. The fraction of sp³-hybridized carbons (Fsp3) is 0.259. The number of pyridine rings is 1. The van der Waals surface area contributed by atoms with Crippen molar-refractivity contribution in [2.24, 2.45) is 5.73 Å². The minimum atomic E-state index is -0.547. The summed E-state index contributed by atoms with van der Waals surface area (Å²) >= 11 is 2.56. The highest BCUT2D eigenvalue weighted by Gasteiger charge is 2.25. The highest BCUT2D eigenvalue weighted by molar-refractivity contribution is 7.99. The van der Waals surface area contributed by atoms with E-state index in [2.05, 4.69) is 25.7 Å². The number of carbonyl (C=O) groups excluding carboxylic acids is 3. The SMILES string of the molecule is COc1ccc(NC(=O)CSc2nc(-c3ccncc3)nn2CC(=O)Nc2sc3c(c2C(N)=O)CCCC3)cc1. The number of aryl methyl sites for hydroxylation is 1. The Morgan fingerprint density at radius 3 is 2.52 bits per heavy atom. The molecule has 0 atom stereocenters. The van der Waals surface area contributed by atoms with E-state index in [-0.39, 0.29) is 24.1 Å². The molecule has 206 valence electrons. The number of hydrogen-bond acceptors (Lipinski definition) is 9. The van der Waals surface area contributed by atoms with Gasteiger partial charge in [0.2, 0.25) is 11.8 Å². The van der Waals surface area contributed by atoms with Gasteiger partial charge in [-0.05, 0) is 67.6 Å². The summed E-state index contributed by atoms with van der Waals surface area (Å²) in [4.78, 5) is 47.7. The maximum Gasteiger partial charge on any atom is 0.251 e. The third kappa shape index (κ3) is 6.32. The molecule has 3 heterocycles. The van der Waals surface area contributed by atoms with E-state index in [0.29, 0.717) is 33.0 Å². The number of primary amides is 1. The van der Waals surface area contributed by atoms with Gasteiger partial charge >= 0.3 is 0 Å². The number of methoxy groups -OCH3 is 1. The van der Waals surface area contributed by atoms with Crippen LogP contribution in [0.3, 0.4) is 0 Å². The standard InChI is InChI=1S/C27H27N7O4S2/c1-38-18-8-6-17(7-9-18)30-22(36)15-39-27-32-25(16-10-12-29-13-11-16)33-34(27)14-21(35)31-26-23(24(28)37)19-4-2-3-5-20(19)40-26/h6-13H,2-5,14-15H2,1H3,(H2,28,37)(H,30,36)(H,31,35). The molecule has 0 saturated heterocycles. The van der Waals surface area contributed by atoms with Crippen molar-refractivity contribution in [1.29, 1.82) is 0 Å². The van der Waals surface area contributed by atoms with E-state index < -0.39 is 5.91 Å². The van der Waals surface area contributed by atoms with Crippen molar-refractivity contribution < 1.29 is 19.1 Å². The largest absolute Gasteiger partial charge is 0.497 e. The molecule has 0 spiro atoms. The lowest BCUT2D eigenvalue weighted by Crippen LogP contribution is -2.22. The molecule has 0 radical (unpaired) electrons. The van der Waals surface area contributed by atoms with E-state index in [1.54, 1.807) is 55.9 Å². The molecule has 13 heteroatoms. The number of carbonyl (C=O) groups is 3. The molecule has 0 bridgehead atoms. The number of ether oxygens (including phenoxy) is 1. The Bertz CT molecular complexity index is 1530. The molecule has 1 aromatic carbocycles. The fourth-order valence-electron chi connectivity index (χ4n) is 4.38. The number of fused-ring (bicyclic) bond motifs is 1. The number of thiophene rings is 1. The van der Waals surface area contributed by atoms with Crippen LogP contribution in [0.1, 0.15) is 33.6 Å². The van der Waals surface area contributed by atoms with Crippen LogP contribution >= 0.6 is 23.1 Å². The second kappa shape index (κ2) is 12.3. The number of nitrogens with two attached hydrogens (primary N) is 1. The summed E-state index contributed by atoms with van der Waals surface area (Å²) in [5.74, 6) is -0.0296. The third-order valence-electron chi connectivity index (χ3n) is 6.25. The zero-order valence-corrected chi connectivity index (χ0v) is 23.3. The summed E-state index contributed by atoms with van der Waals surface area (Å²) < 4.78 is 6.60. The average Bonchev–Trinajstić information content (AvgIpc) is 3.53. The molecule has 1 aliphatic carbocycles. The van der Waals surface area contributed by atoms with Crippen molar-refractivity contribution in [3.8, 4) is 17.1 Å². The molecule has 11 nitrogen and oxygen atoms in total. The summed E-state index contributed by atoms with van der Waals surface area (Å²) in [7, 11) is 1.57. The molecule has 4 aromatic rings. The second-order valence-electron chi connectivity index (χ2n) is 9.00. The monoisotopic (exact) mass is 577 g/mol. The Kier molecular flexibility index (Phi) is 8.41. The van der Waals surface area contributed by atoms with Crippen LogP contribution < -0.4 is 21.1 Å². The number of thioether (sulfide) groups is 1. The molecule has 1 aliphatic rings. The zero-order chi connectivity index (χ0) is 28.1. The second-order valence-corrected chi connectivity index (χ2v) is 11.1. The molecule has 40 heavy (non-hydrogen) atoms. The first-order chi connectivity index (χ1) is 19.4. The van der Waals surface area contributed by atoms with Crippen molar-refractivity contribution in [3.05, 3.63) is 64.8 Å². The van der Waals surface area contributed by atoms with Gasteiger partial charge in [-0.1, -0.05) is 11.8 Å². The van der Waals surface area contributed by atoms with E-state index in [9.17, 15) is 14.4 Å². The Balaban J connectivity index is 1.32. The summed E-state index contributed by atoms with van der Waals surface area (Å²) in [6.07, 6.45) is 6.93. The van der Waals surface area contributed by atoms with Crippen LogP contribution in [0.4, 0.5) is 10.7 Å². The number of hydrogen-bond donors (Lipinski definition) is 3. The van der Waals surface area contributed by atoms with Gasteiger partial charge in [-0.3, -0.25) is 19.4 Å². The third-order valence-corrected chi connectivity index (χ3v) is 8.42. The van der Waals surface area contributed by atoms with Gasteiger partial charge in [0.05, 0.1) is 18.4 Å². The molecular formula is C27H27N7O4S2. The Hall–Kier alpha value is -4.23. The van der Waals surface area contributed by atoms with Crippen LogP contribution in [0.15, 0.2) is 53.9 Å². The molecular weight excluding hydrogens is 550 g/mol. The number of rotatable bonds is 10. The lowest BCUT2D eigenvalue weighted by Gasteiger charge is -2.11. The maximum atomic E-state index is 13.1. The predicted octanol–water partition coefficient (Wildman–Crippen LogP) is 3.76. The lowest BCUT2D eigenvalue weighted by molar-refractivity contribution is -0.117. The number of benzene rings is 1. The zero-order valence-electron chi connectivity index (χ0n) is 21.7. The number of aromatic nitrogens is 4. The van der Waals surface area contributed by atoms with Crippen LogP contribution in [0, 0.1) is 0 Å². The highest BCUT2D eigenvalue weighted by atomic mass is 32.2. The Morgan fingerprint density at radius 2 is 1.80 bits per heavy atom. The first-order valence-electron chi connectivity index (χ1n) is 12.6. The molecule has 3 aromatic heterocycles. The van der Waals surface area contributed by atoms with E-state index in [1.807, 2.05) is 0 Å². The van der Waals surface area contributed by atoms with Crippen molar-refractivity contribution >= 4 is 51.5 Å². The Labute approximate surface area is 238 Å². The minimum absolute atomic E-state index is 0.0472. The molecule has 3 amide bonds. The first kappa shape index (κ1) is 27.3. The first-order valence-corrected chi connectivity index (χ1v) is 14.4. The van der Waals surface area contributed by atoms with E-state index in [1.165, 1.54) is 16.0 Å². The summed E-state index contributed by atoms with van der Waals surface area (Å²) in [5.41, 5.74) is 8.37. The number of amides is 3. The van der Waals surface area contributed by atoms with E-state index >= 15 is 0 Å². The van der Waals surface area contributed by atoms with Gasteiger partial charge in [-0.2, -0.15) is 0 Å². The van der Waals surface area contributed by atoms with Gasteiger partial charge in [0, 0.05) is 28.5 Å². The topological polar surface area (TPSA) is 154 Å². The van der Waals surface area contributed by atoms with Crippen LogP contribution in [-0.4, -0.2) is 50.3 Å². The van der Waals surface area contributed by atoms with Gasteiger partial charge in [-0.25, -0.2) is 9.67 Å². The van der Waals surface area contributed by atoms with Gasteiger partial charge in [0.1, 0.15) is 17.3 Å². The maximum absolute atomic E-state index is 13.1. The molecule has 5 rings (SSSR count). The van der Waals surface area contributed by atoms with Crippen molar-refractivity contribution in [2.75, 3.05) is 23.5 Å². The Morgan fingerprint density at radius 1 is 1.05 bits per heavy atom. The summed E-state index contributed by atoms with van der Waals surface area (Å²) in [6, 6.07) is 10.5. The molecule has 0 saturated carbocycles. The summed E-state index contributed by atoms with van der Waals surface area (Å²) in [6.45, 7) is -0.165. The highest BCUT2D eigenvalue weighted by Crippen LogP contribution is 2.38. The average molecular weight is 578 g/mol. The predicted molar refractivity (Wildman–Crippen MR) is 154 cm³/mol. The fourth-order valence-corrected chi connectivity index (χ4v) is 6.43. The van der Waals surface area contributed by atoms with Gasteiger partial charge in [-0.15, -0.1) is 16.4 Å². The quantitative estimate of drug-likeness (QED) is 0.241. The van der Waals surface area contributed by atoms with E-state index in [4.69, 9.17) is 10.5 Å².